The zero-order valence-electron chi connectivity index (χ0n) is 13.6. The Kier molecular flexibility index (Phi) is 4.38. The van der Waals surface area contributed by atoms with E-state index in [1.54, 1.807) is 21.7 Å². The summed E-state index contributed by atoms with van der Waals surface area (Å²) in [7, 11) is 0. The minimum Gasteiger partial charge on any atom is -0.480 e. The molecule has 2 aromatic rings. The van der Waals surface area contributed by atoms with Crippen LogP contribution in [0.2, 0.25) is 0 Å². The van der Waals surface area contributed by atoms with Gasteiger partial charge in [0.05, 0.1) is 17.5 Å². The number of hydrogen-bond acceptors (Lipinski definition) is 4. The Labute approximate surface area is 139 Å². The number of aryl methyl sites for hydroxylation is 1. The summed E-state index contributed by atoms with van der Waals surface area (Å²) in [4.78, 5) is 13.1. The second kappa shape index (κ2) is 6.33. The summed E-state index contributed by atoms with van der Waals surface area (Å²) in [5, 5.41) is 23.6. The van der Waals surface area contributed by atoms with E-state index in [1.165, 1.54) is 12.1 Å². The first kappa shape index (κ1) is 16.6. The first-order valence-electron chi connectivity index (χ1n) is 7.82. The van der Waals surface area contributed by atoms with Crippen LogP contribution in [-0.2, 0) is 11.3 Å². The van der Waals surface area contributed by atoms with Gasteiger partial charge in [0.15, 0.2) is 0 Å². The van der Waals surface area contributed by atoms with E-state index in [9.17, 15) is 19.4 Å². The predicted molar refractivity (Wildman–Crippen MR) is 85.5 cm³/mol. The zero-order valence-corrected chi connectivity index (χ0v) is 13.6. The highest BCUT2D eigenvalue weighted by Crippen LogP contribution is 2.25. The molecule has 0 bridgehead atoms. The average Bonchev–Trinajstić information content (AvgIpc) is 3.03. The van der Waals surface area contributed by atoms with Crippen molar-refractivity contribution in [2.75, 3.05) is 6.54 Å². The summed E-state index contributed by atoms with van der Waals surface area (Å²) in [5.41, 5.74) is 3.35. The highest BCUT2D eigenvalue weighted by atomic mass is 19.1. The molecule has 1 aromatic heterocycles. The van der Waals surface area contributed by atoms with Crippen molar-refractivity contribution in [1.82, 2.24) is 14.7 Å². The lowest BCUT2D eigenvalue weighted by Gasteiger charge is -2.20. The number of benzene rings is 1. The second-order valence-electron chi connectivity index (χ2n) is 6.21. The second-order valence-corrected chi connectivity index (χ2v) is 6.21. The fourth-order valence-corrected chi connectivity index (χ4v) is 3.25. The van der Waals surface area contributed by atoms with Crippen LogP contribution >= 0.6 is 0 Å². The molecule has 0 saturated carbocycles. The van der Waals surface area contributed by atoms with Crippen molar-refractivity contribution < 1.29 is 19.4 Å². The van der Waals surface area contributed by atoms with Crippen LogP contribution in [0.5, 0.6) is 0 Å². The molecule has 3 rings (SSSR count). The minimum atomic E-state index is -0.923. The number of aliphatic carboxylic acids is 1. The van der Waals surface area contributed by atoms with Gasteiger partial charge in [0.1, 0.15) is 11.9 Å². The van der Waals surface area contributed by atoms with Gasteiger partial charge >= 0.3 is 5.97 Å². The number of aliphatic hydroxyl groups is 1. The predicted octanol–water partition coefficient (Wildman–Crippen LogP) is 1.65. The smallest absolute Gasteiger partial charge is 0.321 e. The van der Waals surface area contributed by atoms with Crippen LogP contribution in [0, 0.1) is 19.7 Å². The Hall–Kier alpha value is -2.25. The van der Waals surface area contributed by atoms with E-state index in [1.807, 2.05) is 13.8 Å². The molecule has 2 atom stereocenters. The molecule has 0 radical (unpaired) electrons. The van der Waals surface area contributed by atoms with Gasteiger partial charge in [0.2, 0.25) is 0 Å². The van der Waals surface area contributed by atoms with Gasteiger partial charge in [-0.05, 0) is 38.1 Å². The summed E-state index contributed by atoms with van der Waals surface area (Å²) in [5.74, 6) is -1.23. The third-order valence-electron chi connectivity index (χ3n) is 4.54. The summed E-state index contributed by atoms with van der Waals surface area (Å²) < 4.78 is 14.8. The molecule has 1 aromatic carbocycles. The van der Waals surface area contributed by atoms with Crippen LogP contribution in [0.1, 0.15) is 23.4 Å². The third kappa shape index (κ3) is 3.05. The number of β-amino-alcohol motifs (C(OH)–C–C–N with tert-alkyl or cyclic N) is 1. The summed E-state index contributed by atoms with van der Waals surface area (Å²) in [6, 6.07) is 5.37. The van der Waals surface area contributed by atoms with Crippen molar-refractivity contribution in [1.29, 1.82) is 0 Å². The van der Waals surface area contributed by atoms with Crippen LogP contribution in [0.4, 0.5) is 4.39 Å². The molecule has 128 valence electrons. The lowest BCUT2D eigenvalue weighted by molar-refractivity contribution is -0.142. The first-order valence-corrected chi connectivity index (χ1v) is 7.82. The van der Waals surface area contributed by atoms with E-state index in [2.05, 4.69) is 5.10 Å². The van der Waals surface area contributed by atoms with Crippen LogP contribution in [-0.4, -0.2) is 49.6 Å². The molecule has 0 amide bonds. The van der Waals surface area contributed by atoms with Crippen molar-refractivity contribution >= 4 is 5.97 Å². The summed E-state index contributed by atoms with van der Waals surface area (Å²) >= 11 is 0. The van der Waals surface area contributed by atoms with Crippen LogP contribution < -0.4 is 0 Å². The van der Waals surface area contributed by atoms with Crippen molar-refractivity contribution in [2.24, 2.45) is 0 Å². The number of halogens is 1. The lowest BCUT2D eigenvalue weighted by atomic mass is 10.1. The maximum absolute atomic E-state index is 13.1. The molecule has 0 spiro atoms. The number of aromatic nitrogens is 2. The lowest BCUT2D eigenvalue weighted by Crippen LogP contribution is -2.35. The molecule has 7 heteroatoms. The fraction of sp³-hybridized carbons (Fsp3) is 0.412. The number of aliphatic hydroxyl groups excluding tert-OH is 1. The molecule has 6 nitrogen and oxygen atoms in total. The molecular formula is C17H20FN3O3. The summed E-state index contributed by atoms with van der Waals surface area (Å²) in [6.07, 6.45) is -0.390. The summed E-state index contributed by atoms with van der Waals surface area (Å²) in [6.45, 7) is 4.51. The number of hydrogen-bond donors (Lipinski definition) is 2. The van der Waals surface area contributed by atoms with Crippen molar-refractivity contribution in [3.05, 3.63) is 47.0 Å². The van der Waals surface area contributed by atoms with Crippen molar-refractivity contribution in [3.8, 4) is 5.69 Å². The van der Waals surface area contributed by atoms with Crippen LogP contribution in [0.25, 0.3) is 5.69 Å². The van der Waals surface area contributed by atoms with Gasteiger partial charge in [-0.1, -0.05) is 0 Å². The topological polar surface area (TPSA) is 78.6 Å². The number of carboxylic acids is 1. The van der Waals surface area contributed by atoms with Gasteiger partial charge in [-0.15, -0.1) is 0 Å². The first-order chi connectivity index (χ1) is 11.4. The van der Waals surface area contributed by atoms with Gasteiger partial charge in [-0.3, -0.25) is 9.69 Å². The maximum Gasteiger partial charge on any atom is 0.321 e. The van der Waals surface area contributed by atoms with E-state index in [4.69, 9.17) is 0 Å². The van der Waals surface area contributed by atoms with E-state index in [-0.39, 0.29) is 12.2 Å². The molecular weight excluding hydrogens is 313 g/mol. The Bertz CT molecular complexity index is 757. The normalized spacial score (nSPS) is 21.3. The fourth-order valence-electron chi connectivity index (χ4n) is 3.25. The number of carbonyl (C=O) groups is 1. The van der Waals surface area contributed by atoms with Crippen molar-refractivity contribution in [2.45, 2.75) is 39.0 Å². The maximum atomic E-state index is 13.1. The molecule has 1 fully saturated rings. The van der Waals surface area contributed by atoms with Gasteiger partial charge in [-0.25, -0.2) is 9.07 Å². The molecule has 0 unspecified atom stereocenters. The molecule has 2 heterocycles. The van der Waals surface area contributed by atoms with Crippen LogP contribution in [0.3, 0.4) is 0 Å². The third-order valence-corrected chi connectivity index (χ3v) is 4.54. The monoisotopic (exact) mass is 333 g/mol. The number of nitrogens with zero attached hydrogens (tertiary/aromatic N) is 3. The largest absolute Gasteiger partial charge is 0.480 e. The van der Waals surface area contributed by atoms with Crippen molar-refractivity contribution in [3.63, 3.8) is 0 Å². The Morgan fingerprint density at radius 1 is 1.33 bits per heavy atom. The Morgan fingerprint density at radius 2 is 2.00 bits per heavy atom. The zero-order chi connectivity index (χ0) is 17.4. The van der Waals surface area contributed by atoms with Gasteiger partial charge in [0.25, 0.3) is 0 Å². The Morgan fingerprint density at radius 3 is 2.62 bits per heavy atom. The number of carboxylic acid groups (broad SMARTS) is 1. The van der Waals surface area contributed by atoms with Gasteiger partial charge < -0.3 is 10.2 Å². The molecule has 24 heavy (non-hydrogen) atoms. The number of likely N-dealkylation sites (tertiary alicyclic amines) is 1. The molecule has 1 aliphatic rings. The quantitative estimate of drug-likeness (QED) is 0.889. The SMILES string of the molecule is Cc1nn(-c2ccc(F)cc2)c(C)c1CN1C[C@H](O)C[C@H]1C(=O)O. The molecule has 1 aliphatic heterocycles. The van der Waals surface area contributed by atoms with E-state index < -0.39 is 18.1 Å². The standard InChI is InChI=1S/C17H20FN3O3/c1-10-15(9-20-8-14(22)7-16(20)17(23)24)11(2)21(19-10)13-5-3-12(18)4-6-13/h3-6,14,16,22H,7-9H2,1-2H3,(H,23,24)/t14-,16+/m1/s1. The van der Waals surface area contributed by atoms with E-state index in [0.29, 0.717) is 13.1 Å². The average molecular weight is 333 g/mol. The van der Waals surface area contributed by atoms with Gasteiger partial charge in [-0.2, -0.15) is 5.10 Å². The molecule has 0 aliphatic carbocycles. The van der Waals surface area contributed by atoms with Gasteiger partial charge in [0, 0.05) is 30.8 Å². The molecule has 1 saturated heterocycles. The highest BCUT2D eigenvalue weighted by molar-refractivity contribution is 5.74. The van der Waals surface area contributed by atoms with Crippen LogP contribution in [0.15, 0.2) is 24.3 Å². The van der Waals surface area contributed by atoms with E-state index in [0.717, 1.165) is 22.6 Å². The highest BCUT2D eigenvalue weighted by Gasteiger charge is 2.36. The Balaban J connectivity index is 1.89. The minimum absolute atomic E-state index is 0.236. The van der Waals surface area contributed by atoms with E-state index >= 15 is 0 Å². The number of rotatable bonds is 4. The molecule has 2 N–H and O–H groups in total.